The molecule has 1 heterocycles. The van der Waals surface area contributed by atoms with Gasteiger partial charge in [-0.2, -0.15) is 0 Å². The smallest absolute Gasteiger partial charge is 0.234 e. The fourth-order valence-corrected chi connectivity index (χ4v) is 3.86. The summed E-state index contributed by atoms with van der Waals surface area (Å²) < 4.78 is 19.0. The lowest BCUT2D eigenvalue weighted by Gasteiger charge is -2.09. The van der Waals surface area contributed by atoms with Gasteiger partial charge in [-0.05, 0) is 54.1 Å². The molecule has 1 amide bonds. The van der Waals surface area contributed by atoms with Crippen molar-refractivity contribution in [3.8, 4) is 5.75 Å². The summed E-state index contributed by atoms with van der Waals surface area (Å²) in [6.07, 6.45) is 0.485. The van der Waals surface area contributed by atoms with E-state index in [1.165, 1.54) is 23.9 Å². The standard InChI is InChI=1S/C24H20FN3O2S/c1-30-17-12-10-16(11-13-17)22-14-24(28-21-9-5-4-8-20(21)26-22)31-15-23(29)27-19-7-3-2-6-18(19)25/h2-13H,14-15H2,1H3,(H,27,29). The zero-order chi connectivity index (χ0) is 21.6. The van der Waals surface area contributed by atoms with E-state index in [9.17, 15) is 9.18 Å². The van der Waals surface area contributed by atoms with Gasteiger partial charge >= 0.3 is 0 Å². The van der Waals surface area contributed by atoms with Crippen molar-refractivity contribution in [2.24, 2.45) is 9.98 Å². The summed E-state index contributed by atoms with van der Waals surface area (Å²) in [5.41, 5.74) is 3.51. The van der Waals surface area contributed by atoms with E-state index in [0.717, 1.165) is 33.4 Å². The summed E-state index contributed by atoms with van der Waals surface area (Å²) in [5.74, 6) is 0.130. The van der Waals surface area contributed by atoms with E-state index in [1.807, 2.05) is 48.5 Å². The van der Waals surface area contributed by atoms with Crippen molar-refractivity contribution in [1.82, 2.24) is 0 Å². The van der Waals surface area contributed by atoms with Gasteiger partial charge in [0.2, 0.25) is 5.91 Å². The number of hydrogen-bond donors (Lipinski definition) is 1. The Labute approximate surface area is 184 Å². The van der Waals surface area contributed by atoms with Crippen molar-refractivity contribution >= 4 is 45.5 Å². The number of benzene rings is 3. The molecule has 0 radical (unpaired) electrons. The first-order chi connectivity index (χ1) is 15.1. The number of nitrogens with zero attached hydrogens (tertiary/aromatic N) is 2. The SMILES string of the molecule is COc1ccc(C2=Nc3ccccc3N=C(SCC(=O)Nc3ccccc3F)C2)cc1. The second-order valence-electron chi connectivity index (χ2n) is 6.77. The molecular formula is C24H20FN3O2S. The third-order valence-corrected chi connectivity index (χ3v) is 5.62. The van der Waals surface area contributed by atoms with Crippen LogP contribution in [0.4, 0.5) is 21.5 Å². The van der Waals surface area contributed by atoms with Crippen molar-refractivity contribution in [3.05, 3.63) is 84.2 Å². The zero-order valence-corrected chi connectivity index (χ0v) is 17.7. The number of thioether (sulfide) groups is 1. The summed E-state index contributed by atoms with van der Waals surface area (Å²) in [6.45, 7) is 0. The number of hydrogen-bond acceptors (Lipinski definition) is 5. The van der Waals surface area contributed by atoms with E-state index in [-0.39, 0.29) is 17.3 Å². The van der Waals surface area contributed by atoms with Crippen LogP contribution in [0.3, 0.4) is 0 Å². The molecule has 0 atom stereocenters. The number of nitrogens with one attached hydrogen (secondary N) is 1. The van der Waals surface area contributed by atoms with Crippen LogP contribution in [-0.2, 0) is 4.79 Å². The maximum absolute atomic E-state index is 13.8. The Bertz CT molecular complexity index is 1160. The summed E-state index contributed by atoms with van der Waals surface area (Å²) in [7, 11) is 1.63. The average Bonchev–Trinajstić information content (AvgIpc) is 2.98. The Morgan fingerprint density at radius 1 is 1.00 bits per heavy atom. The van der Waals surface area contributed by atoms with E-state index >= 15 is 0 Å². The van der Waals surface area contributed by atoms with Crippen LogP contribution in [0.15, 0.2) is 82.8 Å². The van der Waals surface area contributed by atoms with Crippen LogP contribution in [-0.4, -0.2) is 29.5 Å². The molecule has 0 saturated carbocycles. The first kappa shape index (κ1) is 20.8. The minimum Gasteiger partial charge on any atom is -0.497 e. The van der Waals surface area contributed by atoms with Crippen LogP contribution in [0.1, 0.15) is 12.0 Å². The lowest BCUT2D eigenvalue weighted by molar-refractivity contribution is -0.113. The molecule has 1 aliphatic heterocycles. The summed E-state index contributed by atoms with van der Waals surface area (Å²) >= 11 is 1.32. The molecule has 0 aromatic heterocycles. The van der Waals surface area contributed by atoms with Gasteiger partial charge in [0.05, 0.1) is 40.7 Å². The fraction of sp³-hybridized carbons (Fsp3) is 0.125. The van der Waals surface area contributed by atoms with Gasteiger partial charge in [-0.1, -0.05) is 24.3 Å². The number of halogens is 1. The van der Waals surface area contributed by atoms with Crippen molar-refractivity contribution in [3.63, 3.8) is 0 Å². The Balaban J connectivity index is 1.53. The highest BCUT2D eigenvalue weighted by Crippen LogP contribution is 2.33. The Morgan fingerprint density at radius 2 is 1.68 bits per heavy atom. The first-order valence-corrected chi connectivity index (χ1v) is 10.7. The molecule has 0 unspecified atom stereocenters. The molecular weight excluding hydrogens is 413 g/mol. The second kappa shape index (κ2) is 9.57. The van der Waals surface area contributed by atoms with Crippen molar-refractivity contribution in [2.45, 2.75) is 6.42 Å². The lowest BCUT2D eigenvalue weighted by atomic mass is 10.1. The van der Waals surface area contributed by atoms with Gasteiger partial charge in [0.15, 0.2) is 0 Å². The Hall–Kier alpha value is -3.45. The predicted octanol–water partition coefficient (Wildman–Crippen LogP) is 5.76. The van der Waals surface area contributed by atoms with Crippen LogP contribution in [0.25, 0.3) is 0 Å². The summed E-state index contributed by atoms with van der Waals surface area (Å²) in [4.78, 5) is 21.9. The number of anilines is 1. The average molecular weight is 434 g/mol. The molecule has 4 rings (SSSR count). The number of fused-ring (bicyclic) bond motifs is 1. The minimum absolute atomic E-state index is 0.116. The number of amides is 1. The number of rotatable bonds is 5. The van der Waals surface area contributed by atoms with Crippen LogP contribution < -0.4 is 10.1 Å². The zero-order valence-electron chi connectivity index (χ0n) is 16.8. The topological polar surface area (TPSA) is 63.1 Å². The van der Waals surface area contributed by atoms with Gasteiger partial charge < -0.3 is 10.1 Å². The highest BCUT2D eigenvalue weighted by molar-refractivity contribution is 8.14. The quantitative estimate of drug-likeness (QED) is 0.556. The highest BCUT2D eigenvalue weighted by atomic mass is 32.2. The largest absolute Gasteiger partial charge is 0.497 e. The van der Waals surface area contributed by atoms with Gasteiger partial charge in [-0.25, -0.2) is 9.38 Å². The van der Waals surface area contributed by atoms with Crippen molar-refractivity contribution < 1.29 is 13.9 Å². The van der Waals surface area contributed by atoms with Crippen molar-refractivity contribution in [2.75, 3.05) is 18.2 Å². The normalized spacial score (nSPS) is 12.8. The Kier molecular flexibility index (Phi) is 6.43. The molecule has 0 bridgehead atoms. The maximum Gasteiger partial charge on any atom is 0.234 e. The number of carbonyl (C=O) groups is 1. The predicted molar refractivity (Wildman–Crippen MR) is 125 cm³/mol. The number of carbonyl (C=O) groups excluding carboxylic acids is 1. The third-order valence-electron chi connectivity index (χ3n) is 4.64. The molecule has 3 aromatic rings. The molecule has 1 N–H and O–H groups in total. The number of methoxy groups -OCH3 is 1. The molecule has 156 valence electrons. The second-order valence-corrected chi connectivity index (χ2v) is 7.82. The van der Waals surface area contributed by atoms with Crippen LogP contribution >= 0.6 is 11.8 Å². The van der Waals surface area contributed by atoms with Crippen molar-refractivity contribution in [1.29, 1.82) is 0 Å². The van der Waals surface area contributed by atoms with Crippen LogP contribution in [0.2, 0.25) is 0 Å². The van der Waals surface area contributed by atoms with E-state index in [4.69, 9.17) is 14.7 Å². The first-order valence-electron chi connectivity index (χ1n) is 9.68. The summed E-state index contributed by atoms with van der Waals surface area (Å²) in [5, 5.41) is 3.37. The van der Waals surface area contributed by atoms with Gasteiger partial charge in [0, 0.05) is 6.42 Å². The molecule has 0 aliphatic carbocycles. The number of para-hydroxylation sites is 3. The van der Waals surface area contributed by atoms with Gasteiger partial charge in [0.25, 0.3) is 0 Å². The minimum atomic E-state index is -0.462. The molecule has 0 saturated heterocycles. The van der Waals surface area contributed by atoms with Gasteiger partial charge in [-0.15, -0.1) is 11.8 Å². The van der Waals surface area contributed by atoms with E-state index in [2.05, 4.69) is 5.32 Å². The van der Waals surface area contributed by atoms with E-state index in [1.54, 1.807) is 19.2 Å². The van der Waals surface area contributed by atoms with Gasteiger partial charge in [-0.3, -0.25) is 9.79 Å². The Morgan fingerprint density at radius 3 is 2.39 bits per heavy atom. The lowest BCUT2D eigenvalue weighted by Crippen LogP contribution is -2.17. The maximum atomic E-state index is 13.8. The molecule has 7 heteroatoms. The van der Waals surface area contributed by atoms with E-state index < -0.39 is 5.82 Å². The van der Waals surface area contributed by atoms with Crippen LogP contribution in [0.5, 0.6) is 5.75 Å². The summed E-state index contributed by atoms with van der Waals surface area (Å²) in [6, 6.07) is 21.4. The molecule has 5 nitrogen and oxygen atoms in total. The van der Waals surface area contributed by atoms with Crippen LogP contribution in [0, 0.1) is 5.82 Å². The molecule has 0 spiro atoms. The number of aliphatic imine (C=N–C) groups is 2. The monoisotopic (exact) mass is 433 g/mol. The van der Waals surface area contributed by atoms with Gasteiger partial charge in [0.1, 0.15) is 11.6 Å². The molecule has 1 aliphatic rings. The van der Waals surface area contributed by atoms with E-state index in [0.29, 0.717) is 6.42 Å². The molecule has 31 heavy (non-hydrogen) atoms. The highest BCUT2D eigenvalue weighted by Gasteiger charge is 2.17. The fourth-order valence-electron chi connectivity index (χ4n) is 3.09. The molecule has 3 aromatic carbocycles. The third kappa shape index (κ3) is 5.19. The number of ether oxygens (including phenoxy) is 1. The molecule has 0 fully saturated rings.